The highest BCUT2D eigenvalue weighted by Crippen LogP contribution is 2.31. The Hall–Kier alpha value is -3.42. The number of esters is 1. The van der Waals surface area contributed by atoms with Gasteiger partial charge in [-0.2, -0.15) is 13.2 Å². The van der Waals surface area contributed by atoms with Crippen LogP contribution in [0.1, 0.15) is 18.2 Å². The summed E-state index contributed by atoms with van der Waals surface area (Å²) in [5, 5.41) is 0. The summed E-state index contributed by atoms with van der Waals surface area (Å²) in [5.41, 5.74) is -0.354. The van der Waals surface area contributed by atoms with Gasteiger partial charge in [-0.3, -0.25) is 14.4 Å². The lowest BCUT2D eigenvalue weighted by atomic mass is 9.96. The Labute approximate surface area is 157 Å². The summed E-state index contributed by atoms with van der Waals surface area (Å²) in [6, 6.07) is 7.44. The summed E-state index contributed by atoms with van der Waals surface area (Å²) in [5.74, 6) is -3.26. The number of furan rings is 1. The maximum Gasteiger partial charge on any atom is 0.416 e. The molecule has 1 aliphatic rings. The van der Waals surface area contributed by atoms with Crippen LogP contribution in [0.3, 0.4) is 0 Å². The van der Waals surface area contributed by atoms with E-state index in [-0.39, 0.29) is 11.5 Å². The average molecular weight is 390 g/mol. The number of alkyl halides is 3. The van der Waals surface area contributed by atoms with E-state index in [1.165, 1.54) is 37.3 Å². The van der Waals surface area contributed by atoms with Crippen LogP contribution in [-0.4, -0.2) is 17.5 Å². The van der Waals surface area contributed by atoms with Crippen LogP contribution in [0.4, 0.5) is 13.2 Å². The van der Waals surface area contributed by atoms with E-state index in [1.54, 1.807) is 0 Å². The SMILES string of the molecule is CC1=CC(=O)C(C(=O)/C=C/c2ccc(-c3ccc(C(F)(F)F)cc3)o2)C(=O)O1. The number of ether oxygens (including phenoxy) is 1. The zero-order chi connectivity index (χ0) is 20.5. The number of carbonyl (C=O) groups is 3. The first kappa shape index (κ1) is 19.3. The predicted octanol–water partition coefficient (Wildman–Crippen LogP) is 4.19. The Morgan fingerprint density at radius 1 is 1.07 bits per heavy atom. The van der Waals surface area contributed by atoms with Crippen molar-refractivity contribution in [1.29, 1.82) is 0 Å². The molecule has 0 radical (unpaired) electrons. The number of hydrogen-bond acceptors (Lipinski definition) is 5. The van der Waals surface area contributed by atoms with Crippen LogP contribution < -0.4 is 0 Å². The van der Waals surface area contributed by atoms with Gasteiger partial charge in [0.25, 0.3) is 0 Å². The highest BCUT2D eigenvalue weighted by atomic mass is 19.4. The van der Waals surface area contributed by atoms with E-state index in [0.717, 1.165) is 24.3 Å². The lowest BCUT2D eigenvalue weighted by Gasteiger charge is -2.15. The second-order valence-electron chi connectivity index (χ2n) is 6.02. The van der Waals surface area contributed by atoms with Gasteiger partial charge in [-0.25, -0.2) is 0 Å². The van der Waals surface area contributed by atoms with Crippen molar-refractivity contribution in [3.8, 4) is 11.3 Å². The van der Waals surface area contributed by atoms with E-state index in [0.29, 0.717) is 11.3 Å². The maximum atomic E-state index is 12.6. The van der Waals surface area contributed by atoms with Gasteiger partial charge in [0.15, 0.2) is 17.5 Å². The molecule has 1 aromatic heterocycles. The molecule has 1 aliphatic heterocycles. The summed E-state index contributed by atoms with van der Waals surface area (Å²) in [6.45, 7) is 1.43. The van der Waals surface area contributed by atoms with Crippen LogP contribution in [0.5, 0.6) is 0 Å². The fourth-order valence-corrected chi connectivity index (χ4v) is 2.58. The molecule has 8 heteroatoms. The van der Waals surface area contributed by atoms with Crippen molar-refractivity contribution in [2.24, 2.45) is 5.92 Å². The zero-order valence-corrected chi connectivity index (χ0v) is 14.4. The maximum absolute atomic E-state index is 12.6. The summed E-state index contributed by atoms with van der Waals surface area (Å²) in [6.07, 6.45) is -1.07. The molecule has 3 rings (SSSR count). The number of allylic oxidation sites excluding steroid dienone is 3. The van der Waals surface area contributed by atoms with Gasteiger partial charge in [0.2, 0.25) is 0 Å². The van der Waals surface area contributed by atoms with Crippen molar-refractivity contribution < 1.29 is 36.7 Å². The Balaban J connectivity index is 1.73. The molecular formula is C20H13F3O5. The van der Waals surface area contributed by atoms with E-state index >= 15 is 0 Å². The van der Waals surface area contributed by atoms with Gasteiger partial charge in [-0.1, -0.05) is 12.1 Å². The third kappa shape index (κ3) is 4.11. The molecule has 0 bridgehead atoms. The second-order valence-corrected chi connectivity index (χ2v) is 6.02. The van der Waals surface area contributed by atoms with Gasteiger partial charge in [-0.15, -0.1) is 0 Å². The van der Waals surface area contributed by atoms with Crippen LogP contribution in [0.25, 0.3) is 17.4 Å². The van der Waals surface area contributed by atoms with Gasteiger partial charge < -0.3 is 9.15 Å². The fourth-order valence-electron chi connectivity index (χ4n) is 2.58. The molecule has 0 saturated heterocycles. The van der Waals surface area contributed by atoms with E-state index in [1.807, 2.05) is 0 Å². The standard InChI is InChI=1S/C20H13F3O5/c1-11-10-16(25)18(19(26)27-11)15(24)8-6-14-7-9-17(28-14)12-2-4-13(5-3-12)20(21,22)23/h2-10,18H,1H3/b8-6+. The molecule has 144 valence electrons. The Bertz CT molecular complexity index is 994. The first-order chi connectivity index (χ1) is 13.1. The van der Waals surface area contributed by atoms with Crippen LogP contribution in [-0.2, 0) is 25.3 Å². The molecule has 28 heavy (non-hydrogen) atoms. The third-order valence-electron chi connectivity index (χ3n) is 3.95. The number of carbonyl (C=O) groups excluding carboxylic acids is 3. The lowest BCUT2D eigenvalue weighted by molar-refractivity contribution is -0.151. The van der Waals surface area contributed by atoms with E-state index in [9.17, 15) is 27.6 Å². The van der Waals surface area contributed by atoms with Crippen molar-refractivity contribution in [3.63, 3.8) is 0 Å². The summed E-state index contributed by atoms with van der Waals surface area (Å²) in [4.78, 5) is 35.7. The van der Waals surface area contributed by atoms with E-state index in [4.69, 9.17) is 9.15 Å². The summed E-state index contributed by atoms with van der Waals surface area (Å²) in [7, 11) is 0. The van der Waals surface area contributed by atoms with Crippen LogP contribution in [0, 0.1) is 5.92 Å². The van der Waals surface area contributed by atoms with Crippen molar-refractivity contribution in [1.82, 2.24) is 0 Å². The van der Waals surface area contributed by atoms with Gasteiger partial charge in [-0.05, 0) is 43.3 Å². The molecule has 1 aromatic carbocycles. The highest BCUT2D eigenvalue weighted by molar-refractivity contribution is 6.25. The molecule has 0 amide bonds. The largest absolute Gasteiger partial charge is 0.457 e. The Morgan fingerprint density at radius 2 is 1.75 bits per heavy atom. The molecule has 0 fully saturated rings. The molecule has 1 atom stereocenters. The van der Waals surface area contributed by atoms with Crippen LogP contribution in [0.15, 0.2) is 58.7 Å². The van der Waals surface area contributed by atoms with Gasteiger partial charge >= 0.3 is 12.1 Å². The smallest absolute Gasteiger partial charge is 0.416 e. The number of rotatable bonds is 4. The molecule has 0 N–H and O–H groups in total. The molecule has 0 saturated carbocycles. The summed E-state index contributed by atoms with van der Waals surface area (Å²) < 4.78 is 48.1. The number of halogens is 3. The number of benzene rings is 1. The minimum Gasteiger partial charge on any atom is -0.457 e. The molecule has 5 nitrogen and oxygen atoms in total. The van der Waals surface area contributed by atoms with Gasteiger partial charge in [0.05, 0.1) is 5.56 Å². The van der Waals surface area contributed by atoms with Crippen molar-refractivity contribution >= 4 is 23.6 Å². The number of hydrogen-bond donors (Lipinski definition) is 0. The molecule has 2 heterocycles. The van der Waals surface area contributed by atoms with E-state index in [2.05, 4.69) is 0 Å². The molecule has 0 spiro atoms. The molecule has 2 aromatic rings. The third-order valence-corrected chi connectivity index (χ3v) is 3.95. The summed E-state index contributed by atoms with van der Waals surface area (Å²) >= 11 is 0. The fraction of sp³-hybridized carbons (Fsp3) is 0.150. The van der Waals surface area contributed by atoms with Crippen molar-refractivity contribution in [2.75, 3.05) is 0 Å². The second kappa shape index (κ2) is 7.30. The molecular weight excluding hydrogens is 377 g/mol. The van der Waals surface area contributed by atoms with Crippen molar-refractivity contribution in [3.05, 3.63) is 65.6 Å². The zero-order valence-electron chi connectivity index (χ0n) is 14.4. The monoisotopic (exact) mass is 390 g/mol. The topological polar surface area (TPSA) is 73.6 Å². The van der Waals surface area contributed by atoms with Gasteiger partial charge in [0, 0.05) is 11.6 Å². The van der Waals surface area contributed by atoms with Gasteiger partial charge in [0.1, 0.15) is 17.3 Å². The Kier molecular flexibility index (Phi) is 5.04. The lowest BCUT2D eigenvalue weighted by Crippen LogP contribution is -2.34. The molecule has 1 unspecified atom stereocenters. The highest BCUT2D eigenvalue weighted by Gasteiger charge is 2.36. The minimum atomic E-state index is -4.43. The normalized spacial score (nSPS) is 17.6. The molecule has 0 aliphatic carbocycles. The van der Waals surface area contributed by atoms with E-state index < -0.39 is 35.2 Å². The average Bonchev–Trinajstić information content (AvgIpc) is 3.07. The van der Waals surface area contributed by atoms with Crippen LogP contribution >= 0.6 is 0 Å². The quantitative estimate of drug-likeness (QED) is 0.445. The first-order valence-electron chi connectivity index (χ1n) is 8.08. The van der Waals surface area contributed by atoms with Crippen LogP contribution in [0.2, 0.25) is 0 Å². The van der Waals surface area contributed by atoms with Crippen molar-refractivity contribution in [2.45, 2.75) is 13.1 Å². The number of cyclic esters (lactones) is 1. The Morgan fingerprint density at radius 3 is 2.36 bits per heavy atom. The first-order valence-corrected chi connectivity index (χ1v) is 8.08. The number of ketones is 2. The minimum absolute atomic E-state index is 0.121. The predicted molar refractivity (Wildman–Crippen MR) is 91.5 cm³/mol.